The highest BCUT2D eigenvalue weighted by molar-refractivity contribution is 7.10. The van der Waals surface area contributed by atoms with Gasteiger partial charge in [-0.3, -0.25) is 4.79 Å². The molecule has 1 N–H and O–H groups in total. The quantitative estimate of drug-likeness (QED) is 0.912. The van der Waals surface area contributed by atoms with Gasteiger partial charge in [-0.1, -0.05) is 18.2 Å². The van der Waals surface area contributed by atoms with Crippen molar-refractivity contribution in [3.05, 3.63) is 58.0 Å². The summed E-state index contributed by atoms with van der Waals surface area (Å²) in [6.45, 7) is 2.08. The Labute approximate surface area is 139 Å². The monoisotopic (exact) mass is 333 g/mol. The Hall–Kier alpha value is -1.72. The highest BCUT2D eigenvalue weighted by atomic mass is 32.1. The average molecular weight is 333 g/mol. The molecule has 1 amide bonds. The number of hydrogen-bond donors (Lipinski definition) is 1. The van der Waals surface area contributed by atoms with E-state index in [0.29, 0.717) is 6.54 Å². The van der Waals surface area contributed by atoms with Crippen LogP contribution in [0.4, 0.5) is 4.39 Å². The third kappa shape index (κ3) is 3.98. The third-order valence-corrected chi connectivity index (χ3v) is 5.51. The molecule has 122 valence electrons. The van der Waals surface area contributed by atoms with Crippen molar-refractivity contribution in [2.75, 3.05) is 19.8 Å². The maximum Gasteiger partial charge on any atom is 0.224 e. The van der Waals surface area contributed by atoms with E-state index in [1.54, 1.807) is 23.5 Å². The maximum absolute atomic E-state index is 12.9. The predicted octanol–water partition coefficient (Wildman–Crippen LogP) is 3.29. The topological polar surface area (TPSA) is 38.3 Å². The van der Waals surface area contributed by atoms with Crippen molar-refractivity contribution in [1.29, 1.82) is 0 Å². The normalized spacial score (nSPS) is 16.9. The number of ether oxygens (including phenoxy) is 1. The summed E-state index contributed by atoms with van der Waals surface area (Å²) in [5.74, 6) is -0.313. The van der Waals surface area contributed by atoms with Gasteiger partial charge in [-0.25, -0.2) is 4.39 Å². The minimum atomic E-state index is -0.284. The molecule has 23 heavy (non-hydrogen) atoms. The molecule has 0 radical (unpaired) electrons. The molecule has 1 aromatic carbocycles. The number of hydrogen-bond acceptors (Lipinski definition) is 3. The zero-order valence-corrected chi connectivity index (χ0v) is 13.7. The second kappa shape index (κ2) is 7.23. The first-order valence-corrected chi connectivity index (χ1v) is 8.69. The lowest BCUT2D eigenvalue weighted by Gasteiger charge is -2.36. The summed E-state index contributed by atoms with van der Waals surface area (Å²) >= 11 is 1.74. The summed E-state index contributed by atoms with van der Waals surface area (Å²) in [4.78, 5) is 13.5. The number of carbonyl (C=O) groups excluding carboxylic acids is 1. The first kappa shape index (κ1) is 16.1. The van der Waals surface area contributed by atoms with Crippen LogP contribution in [0.15, 0.2) is 41.8 Å². The molecule has 0 bridgehead atoms. The van der Waals surface area contributed by atoms with Gasteiger partial charge >= 0.3 is 0 Å². The second-order valence-corrected chi connectivity index (χ2v) is 6.90. The molecule has 3 nitrogen and oxygen atoms in total. The van der Waals surface area contributed by atoms with Crippen LogP contribution in [0.2, 0.25) is 0 Å². The highest BCUT2D eigenvalue weighted by Gasteiger charge is 2.35. The van der Waals surface area contributed by atoms with Crippen LogP contribution in [0.25, 0.3) is 0 Å². The van der Waals surface area contributed by atoms with Crippen LogP contribution in [-0.4, -0.2) is 25.7 Å². The van der Waals surface area contributed by atoms with E-state index in [1.807, 2.05) is 0 Å². The van der Waals surface area contributed by atoms with Gasteiger partial charge in [-0.2, -0.15) is 0 Å². The summed E-state index contributed by atoms with van der Waals surface area (Å²) in [6.07, 6.45) is 2.12. The summed E-state index contributed by atoms with van der Waals surface area (Å²) in [7, 11) is 0. The van der Waals surface area contributed by atoms with Crippen molar-refractivity contribution in [2.45, 2.75) is 24.7 Å². The number of amides is 1. The van der Waals surface area contributed by atoms with Crippen LogP contribution in [0.1, 0.15) is 23.3 Å². The molecule has 2 aromatic rings. The minimum Gasteiger partial charge on any atom is -0.381 e. The van der Waals surface area contributed by atoms with Gasteiger partial charge in [0.2, 0.25) is 5.91 Å². The van der Waals surface area contributed by atoms with E-state index >= 15 is 0 Å². The van der Waals surface area contributed by atoms with Crippen molar-refractivity contribution in [1.82, 2.24) is 5.32 Å². The summed E-state index contributed by atoms with van der Waals surface area (Å²) in [5, 5.41) is 5.14. The van der Waals surface area contributed by atoms with Crippen LogP contribution in [0, 0.1) is 5.82 Å². The fraction of sp³-hybridized carbons (Fsp3) is 0.389. The zero-order chi connectivity index (χ0) is 16.1. The Morgan fingerprint density at radius 2 is 1.96 bits per heavy atom. The largest absolute Gasteiger partial charge is 0.381 e. The SMILES string of the molecule is O=C(Cc1ccc(F)cc1)NCC1(c2cccs2)CCOCC1. The first-order chi connectivity index (χ1) is 11.2. The molecule has 1 aliphatic heterocycles. The molecule has 1 saturated heterocycles. The Balaban J connectivity index is 1.62. The number of rotatable bonds is 5. The summed E-state index contributed by atoms with van der Waals surface area (Å²) < 4.78 is 18.4. The molecular weight excluding hydrogens is 313 g/mol. The Kier molecular flexibility index (Phi) is 5.08. The van der Waals surface area contributed by atoms with E-state index in [4.69, 9.17) is 4.74 Å². The summed E-state index contributed by atoms with van der Waals surface area (Å²) in [6, 6.07) is 10.3. The van der Waals surface area contributed by atoms with Crippen LogP contribution in [0.3, 0.4) is 0 Å². The van der Waals surface area contributed by atoms with Crippen LogP contribution in [-0.2, 0) is 21.4 Å². The lowest BCUT2D eigenvalue weighted by Crippen LogP contribution is -2.44. The third-order valence-electron chi connectivity index (χ3n) is 4.40. The van der Waals surface area contributed by atoms with E-state index in [2.05, 4.69) is 22.8 Å². The zero-order valence-electron chi connectivity index (χ0n) is 12.9. The van der Waals surface area contributed by atoms with Gasteiger partial charge in [0.15, 0.2) is 0 Å². The van der Waals surface area contributed by atoms with Crippen molar-refractivity contribution in [3.63, 3.8) is 0 Å². The van der Waals surface area contributed by atoms with Crippen molar-refractivity contribution >= 4 is 17.2 Å². The number of nitrogens with one attached hydrogen (secondary N) is 1. The van der Waals surface area contributed by atoms with E-state index in [-0.39, 0.29) is 23.6 Å². The van der Waals surface area contributed by atoms with Gasteiger partial charge in [0.1, 0.15) is 5.82 Å². The molecule has 0 unspecified atom stereocenters. The van der Waals surface area contributed by atoms with Crippen LogP contribution >= 0.6 is 11.3 Å². The van der Waals surface area contributed by atoms with Gasteiger partial charge in [0, 0.05) is 30.1 Å². The van der Waals surface area contributed by atoms with E-state index in [9.17, 15) is 9.18 Å². The molecule has 0 atom stereocenters. The molecule has 2 heterocycles. The molecule has 1 aromatic heterocycles. The summed E-state index contributed by atoms with van der Waals surface area (Å²) in [5.41, 5.74) is 0.797. The molecule has 0 saturated carbocycles. The number of halogens is 1. The van der Waals surface area contributed by atoms with Gasteiger partial charge < -0.3 is 10.1 Å². The predicted molar refractivity (Wildman–Crippen MR) is 89.2 cm³/mol. The Bertz CT molecular complexity index is 634. The van der Waals surface area contributed by atoms with E-state index < -0.39 is 0 Å². The molecule has 1 aliphatic rings. The number of carbonyl (C=O) groups is 1. The van der Waals surface area contributed by atoms with Crippen LogP contribution < -0.4 is 5.32 Å². The number of thiophene rings is 1. The average Bonchev–Trinajstić information content (AvgIpc) is 3.11. The lowest BCUT2D eigenvalue weighted by atomic mass is 9.78. The fourth-order valence-corrected chi connectivity index (χ4v) is 3.96. The van der Waals surface area contributed by atoms with Crippen molar-refractivity contribution < 1.29 is 13.9 Å². The van der Waals surface area contributed by atoms with E-state index in [0.717, 1.165) is 31.6 Å². The molecule has 3 rings (SSSR count). The van der Waals surface area contributed by atoms with Crippen LogP contribution in [0.5, 0.6) is 0 Å². The Morgan fingerprint density at radius 3 is 2.61 bits per heavy atom. The molecule has 0 spiro atoms. The van der Waals surface area contributed by atoms with Crippen molar-refractivity contribution in [2.24, 2.45) is 0 Å². The van der Waals surface area contributed by atoms with E-state index in [1.165, 1.54) is 17.0 Å². The van der Waals surface area contributed by atoms with Gasteiger partial charge in [-0.05, 0) is 42.0 Å². The molecular formula is C18H20FNO2S. The molecule has 0 aliphatic carbocycles. The molecule has 5 heteroatoms. The fourth-order valence-electron chi connectivity index (χ4n) is 2.97. The smallest absolute Gasteiger partial charge is 0.224 e. The Morgan fingerprint density at radius 1 is 1.22 bits per heavy atom. The van der Waals surface area contributed by atoms with Crippen molar-refractivity contribution in [3.8, 4) is 0 Å². The van der Waals surface area contributed by atoms with Gasteiger partial charge in [0.25, 0.3) is 0 Å². The second-order valence-electron chi connectivity index (χ2n) is 5.95. The first-order valence-electron chi connectivity index (χ1n) is 7.81. The van der Waals surface area contributed by atoms with Gasteiger partial charge in [-0.15, -0.1) is 11.3 Å². The van der Waals surface area contributed by atoms with Gasteiger partial charge in [0.05, 0.1) is 6.42 Å². The highest BCUT2D eigenvalue weighted by Crippen LogP contribution is 2.36. The molecule has 1 fully saturated rings. The number of benzene rings is 1. The lowest BCUT2D eigenvalue weighted by molar-refractivity contribution is -0.120. The maximum atomic E-state index is 12.9. The minimum absolute atomic E-state index is 0.0229. The standard InChI is InChI=1S/C18H20FNO2S/c19-15-5-3-14(4-6-15)12-17(21)20-13-18(7-9-22-10-8-18)16-2-1-11-23-16/h1-6,11H,7-10,12-13H2,(H,20,21).